The Morgan fingerprint density at radius 3 is 2.52 bits per heavy atom. The van der Waals surface area contributed by atoms with Gasteiger partial charge in [-0.15, -0.1) is 0 Å². The van der Waals surface area contributed by atoms with Crippen LogP contribution in [0, 0.1) is 5.92 Å². The second-order valence-corrected chi connectivity index (χ2v) is 8.53. The van der Waals surface area contributed by atoms with Crippen LogP contribution in [0.1, 0.15) is 56.9 Å². The maximum Gasteiger partial charge on any atom is 0.238 e. The van der Waals surface area contributed by atoms with Crippen molar-refractivity contribution in [2.24, 2.45) is 5.92 Å². The Bertz CT molecular complexity index is 661. The molecule has 3 aliphatic rings. The van der Waals surface area contributed by atoms with Crippen LogP contribution in [-0.4, -0.2) is 41.5 Å². The molecule has 146 valence electrons. The molecule has 4 rings (SSSR count). The van der Waals surface area contributed by atoms with Gasteiger partial charge >= 0.3 is 0 Å². The van der Waals surface area contributed by atoms with Crippen molar-refractivity contribution in [3.05, 3.63) is 35.9 Å². The lowest BCUT2D eigenvalue weighted by Gasteiger charge is -2.39. The van der Waals surface area contributed by atoms with E-state index in [0.717, 1.165) is 38.3 Å². The number of nitrogens with zero attached hydrogens (tertiary/aromatic N) is 1. The Hall–Kier alpha value is -1.88. The Labute approximate surface area is 161 Å². The number of amides is 2. The van der Waals surface area contributed by atoms with Crippen LogP contribution in [0.4, 0.5) is 0 Å². The molecule has 1 aromatic carbocycles. The third-order valence-corrected chi connectivity index (χ3v) is 6.62. The predicted molar refractivity (Wildman–Crippen MR) is 105 cm³/mol. The number of carbonyl (C=O) groups is 2. The second kappa shape index (κ2) is 8.01. The first kappa shape index (κ1) is 18.5. The van der Waals surface area contributed by atoms with Crippen LogP contribution in [-0.2, 0) is 16.0 Å². The molecule has 5 nitrogen and oxygen atoms in total. The van der Waals surface area contributed by atoms with Gasteiger partial charge in [-0.05, 0) is 24.3 Å². The Morgan fingerprint density at radius 1 is 1.11 bits per heavy atom. The Kier molecular flexibility index (Phi) is 5.48. The van der Waals surface area contributed by atoms with E-state index < -0.39 is 0 Å². The first-order valence-corrected chi connectivity index (χ1v) is 10.5. The first-order valence-electron chi connectivity index (χ1n) is 10.5. The average molecular weight is 370 g/mol. The molecule has 1 saturated carbocycles. The molecular formula is C22H31N3O2. The Morgan fingerprint density at radius 2 is 1.81 bits per heavy atom. The highest BCUT2D eigenvalue weighted by atomic mass is 16.2. The fourth-order valence-corrected chi connectivity index (χ4v) is 4.94. The van der Waals surface area contributed by atoms with Crippen molar-refractivity contribution in [2.75, 3.05) is 13.1 Å². The third kappa shape index (κ3) is 4.34. The molecular weight excluding hydrogens is 338 g/mol. The minimum absolute atomic E-state index is 0.0832. The zero-order valence-electron chi connectivity index (χ0n) is 16.1. The van der Waals surface area contributed by atoms with Crippen LogP contribution in [0.15, 0.2) is 30.3 Å². The van der Waals surface area contributed by atoms with Crippen molar-refractivity contribution >= 4 is 11.8 Å². The van der Waals surface area contributed by atoms with Gasteiger partial charge in [0.25, 0.3) is 0 Å². The van der Waals surface area contributed by atoms with Crippen LogP contribution >= 0.6 is 0 Å². The second-order valence-electron chi connectivity index (χ2n) is 8.53. The van der Waals surface area contributed by atoms with Crippen molar-refractivity contribution in [1.29, 1.82) is 0 Å². The van der Waals surface area contributed by atoms with E-state index in [1.807, 2.05) is 23.1 Å². The molecule has 2 saturated heterocycles. The highest BCUT2D eigenvalue weighted by Gasteiger charge is 2.45. The van der Waals surface area contributed by atoms with Crippen molar-refractivity contribution < 1.29 is 9.59 Å². The van der Waals surface area contributed by atoms with Crippen molar-refractivity contribution in [3.63, 3.8) is 0 Å². The van der Waals surface area contributed by atoms with E-state index in [2.05, 4.69) is 22.8 Å². The molecule has 0 radical (unpaired) electrons. The summed E-state index contributed by atoms with van der Waals surface area (Å²) >= 11 is 0. The van der Waals surface area contributed by atoms with Crippen LogP contribution in [0.25, 0.3) is 0 Å². The molecule has 2 heterocycles. The van der Waals surface area contributed by atoms with Crippen molar-refractivity contribution in [2.45, 2.75) is 69.5 Å². The summed E-state index contributed by atoms with van der Waals surface area (Å²) in [6, 6.07) is 9.95. The lowest BCUT2D eigenvalue weighted by atomic mass is 9.96. The molecule has 5 heteroatoms. The van der Waals surface area contributed by atoms with Gasteiger partial charge in [0.05, 0.1) is 11.7 Å². The summed E-state index contributed by atoms with van der Waals surface area (Å²) in [5.41, 5.74) is 0.834. The smallest absolute Gasteiger partial charge is 0.238 e. The van der Waals surface area contributed by atoms with E-state index in [0.29, 0.717) is 18.7 Å². The summed E-state index contributed by atoms with van der Waals surface area (Å²) in [6.07, 6.45) is 9.30. The number of piperidine rings is 1. The fourth-order valence-electron chi connectivity index (χ4n) is 4.94. The van der Waals surface area contributed by atoms with Gasteiger partial charge in [-0.2, -0.15) is 0 Å². The number of rotatable bonds is 5. The molecule has 1 atom stereocenters. The molecule has 0 bridgehead atoms. The number of likely N-dealkylation sites (tertiary alicyclic amines) is 1. The molecule has 1 aromatic rings. The highest BCUT2D eigenvalue weighted by molar-refractivity contribution is 5.85. The van der Waals surface area contributed by atoms with Gasteiger partial charge in [-0.1, -0.05) is 56.0 Å². The monoisotopic (exact) mass is 369 g/mol. The molecule has 1 aliphatic carbocycles. The van der Waals surface area contributed by atoms with E-state index in [1.54, 1.807) is 0 Å². The van der Waals surface area contributed by atoms with Gasteiger partial charge in [0.1, 0.15) is 0 Å². The number of carbonyl (C=O) groups excluding carboxylic acids is 2. The van der Waals surface area contributed by atoms with Crippen LogP contribution in [0.2, 0.25) is 0 Å². The minimum Gasteiger partial charge on any atom is -0.342 e. The fraction of sp³-hybridized carbons (Fsp3) is 0.636. The quantitative estimate of drug-likeness (QED) is 0.839. The number of hydrogen-bond acceptors (Lipinski definition) is 3. The molecule has 27 heavy (non-hydrogen) atoms. The summed E-state index contributed by atoms with van der Waals surface area (Å²) < 4.78 is 0. The van der Waals surface area contributed by atoms with Crippen LogP contribution in [0.5, 0.6) is 0 Å². The minimum atomic E-state index is -0.335. The molecule has 2 amide bonds. The maximum absolute atomic E-state index is 12.5. The topological polar surface area (TPSA) is 61.4 Å². The van der Waals surface area contributed by atoms with E-state index >= 15 is 0 Å². The van der Waals surface area contributed by atoms with Gasteiger partial charge in [0.2, 0.25) is 11.8 Å². The average Bonchev–Trinajstić information content (AvgIpc) is 3.30. The van der Waals surface area contributed by atoms with Gasteiger partial charge in [-0.25, -0.2) is 0 Å². The highest BCUT2D eigenvalue weighted by Crippen LogP contribution is 2.30. The third-order valence-electron chi connectivity index (χ3n) is 6.62. The summed E-state index contributed by atoms with van der Waals surface area (Å²) in [7, 11) is 0. The molecule has 3 fully saturated rings. The van der Waals surface area contributed by atoms with E-state index in [-0.39, 0.29) is 17.6 Å². The molecule has 0 aromatic heterocycles. The van der Waals surface area contributed by atoms with Crippen LogP contribution < -0.4 is 10.6 Å². The van der Waals surface area contributed by atoms with Crippen molar-refractivity contribution in [1.82, 2.24) is 15.5 Å². The SMILES string of the molecule is O=C1NC2(CCN(C(=O)CCC3CCCC3)CC2)NC1Cc1ccccc1. The molecule has 2 aliphatic heterocycles. The summed E-state index contributed by atoms with van der Waals surface area (Å²) in [4.78, 5) is 27.0. The molecule has 1 spiro atoms. The summed E-state index contributed by atoms with van der Waals surface area (Å²) in [5.74, 6) is 1.14. The van der Waals surface area contributed by atoms with Crippen LogP contribution in [0.3, 0.4) is 0 Å². The first-order chi connectivity index (χ1) is 13.1. The van der Waals surface area contributed by atoms with Gasteiger partial charge in [0, 0.05) is 32.4 Å². The largest absolute Gasteiger partial charge is 0.342 e. The van der Waals surface area contributed by atoms with Gasteiger partial charge in [0.15, 0.2) is 0 Å². The number of nitrogens with one attached hydrogen (secondary N) is 2. The molecule has 1 unspecified atom stereocenters. The van der Waals surface area contributed by atoms with Gasteiger partial charge < -0.3 is 10.2 Å². The Balaban J connectivity index is 1.26. The van der Waals surface area contributed by atoms with E-state index in [1.165, 1.54) is 31.2 Å². The summed E-state index contributed by atoms with van der Waals surface area (Å²) in [6.45, 7) is 1.46. The standard InChI is InChI=1S/C22H31N3O2/c26-20(11-10-17-6-4-5-7-17)25-14-12-22(13-15-25)23-19(21(27)24-22)16-18-8-2-1-3-9-18/h1-3,8-9,17,19,23H,4-7,10-16H2,(H,24,27). The lowest BCUT2D eigenvalue weighted by Crippen LogP contribution is -2.58. The van der Waals surface area contributed by atoms with E-state index in [9.17, 15) is 9.59 Å². The normalized spacial score (nSPS) is 25.1. The van der Waals surface area contributed by atoms with E-state index in [4.69, 9.17) is 0 Å². The zero-order chi connectivity index (χ0) is 18.7. The summed E-state index contributed by atoms with van der Waals surface area (Å²) in [5, 5.41) is 6.73. The molecule has 2 N–H and O–H groups in total. The lowest BCUT2D eigenvalue weighted by molar-refractivity contribution is -0.133. The number of hydrogen-bond donors (Lipinski definition) is 2. The van der Waals surface area contributed by atoms with Crippen molar-refractivity contribution in [3.8, 4) is 0 Å². The maximum atomic E-state index is 12.5. The number of benzene rings is 1. The predicted octanol–water partition coefficient (Wildman–Crippen LogP) is 2.61. The zero-order valence-corrected chi connectivity index (χ0v) is 16.1. The van der Waals surface area contributed by atoms with Gasteiger partial charge in [-0.3, -0.25) is 14.9 Å².